The minimum atomic E-state index is -4.50. The Balaban J connectivity index is 1.89. The van der Waals surface area contributed by atoms with E-state index in [0.29, 0.717) is 11.9 Å². The standard InChI is InChI=1S/C30H34N4O5S/c31-19-24-20-33-16-14-26(24)30(34-15-6-11-28(35)36,29(37)27(32)17-21-7-2-1-3-8-21)40(38,39)25-13-12-22-9-4-5-10-23(22)18-25/h1-5,7-10,12-13,18,24,26-27,33-34H,6,11,14-17,20,32H2,(H,35,36)/t24?,26?,27-,30?/m0/s1. The molecule has 40 heavy (non-hydrogen) atoms. The number of rotatable bonds is 12. The van der Waals surface area contributed by atoms with E-state index >= 15 is 0 Å². The van der Waals surface area contributed by atoms with E-state index in [-0.39, 0.29) is 43.7 Å². The molecule has 4 rings (SSSR count). The number of hydrogen-bond donors (Lipinski definition) is 4. The largest absolute Gasteiger partial charge is 0.481 e. The van der Waals surface area contributed by atoms with E-state index in [1.807, 2.05) is 42.5 Å². The molecule has 4 atom stereocenters. The molecule has 10 heteroatoms. The molecule has 1 aliphatic heterocycles. The van der Waals surface area contributed by atoms with Crippen molar-refractivity contribution in [1.29, 1.82) is 5.26 Å². The lowest BCUT2D eigenvalue weighted by Gasteiger charge is -2.44. The van der Waals surface area contributed by atoms with Gasteiger partial charge in [0.05, 0.1) is 22.9 Å². The van der Waals surface area contributed by atoms with Crippen molar-refractivity contribution in [2.45, 2.75) is 41.5 Å². The molecule has 1 fully saturated rings. The first-order chi connectivity index (χ1) is 19.2. The van der Waals surface area contributed by atoms with Crippen LogP contribution in [-0.4, -0.2) is 55.8 Å². The highest BCUT2D eigenvalue weighted by Gasteiger charge is 2.59. The van der Waals surface area contributed by atoms with Gasteiger partial charge in [0.15, 0.2) is 10.7 Å². The van der Waals surface area contributed by atoms with E-state index in [0.717, 1.165) is 10.9 Å². The summed E-state index contributed by atoms with van der Waals surface area (Å²) in [5, 5.41) is 26.9. The van der Waals surface area contributed by atoms with Crippen LogP contribution in [0.3, 0.4) is 0 Å². The fraction of sp³-hybridized carbons (Fsp3) is 0.367. The summed E-state index contributed by atoms with van der Waals surface area (Å²) in [4.78, 5) is 23.4. The molecule has 1 saturated heterocycles. The first-order valence-electron chi connectivity index (χ1n) is 13.3. The number of sulfone groups is 1. The minimum absolute atomic E-state index is 0.0626. The zero-order valence-corrected chi connectivity index (χ0v) is 22.9. The van der Waals surface area contributed by atoms with Crippen LogP contribution >= 0.6 is 0 Å². The molecule has 210 valence electrons. The van der Waals surface area contributed by atoms with Gasteiger partial charge in [-0.05, 0) is 60.8 Å². The van der Waals surface area contributed by atoms with Crippen LogP contribution in [0.15, 0.2) is 77.7 Å². The molecule has 1 heterocycles. The van der Waals surface area contributed by atoms with Crippen LogP contribution in [0.25, 0.3) is 10.8 Å². The second-order valence-electron chi connectivity index (χ2n) is 10.2. The summed E-state index contributed by atoms with van der Waals surface area (Å²) >= 11 is 0. The van der Waals surface area contributed by atoms with Gasteiger partial charge in [-0.1, -0.05) is 60.7 Å². The number of hydrogen-bond acceptors (Lipinski definition) is 8. The fourth-order valence-corrected chi connectivity index (χ4v) is 7.87. The van der Waals surface area contributed by atoms with E-state index in [2.05, 4.69) is 16.7 Å². The maximum atomic E-state index is 14.8. The Kier molecular flexibility index (Phi) is 9.32. The lowest BCUT2D eigenvalue weighted by atomic mass is 9.77. The summed E-state index contributed by atoms with van der Waals surface area (Å²) in [6, 6.07) is 22.1. The third kappa shape index (κ3) is 5.93. The number of carboxylic acids is 1. The highest BCUT2D eigenvalue weighted by molar-refractivity contribution is 7.93. The second kappa shape index (κ2) is 12.7. The van der Waals surface area contributed by atoms with Gasteiger partial charge < -0.3 is 16.2 Å². The number of carboxylic acid groups (broad SMARTS) is 1. The number of piperidine rings is 1. The van der Waals surface area contributed by atoms with Crippen molar-refractivity contribution in [3.8, 4) is 6.07 Å². The maximum Gasteiger partial charge on any atom is 0.303 e. The molecule has 0 saturated carbocycles. The molecule has 9 nitrogen and oxygen atoms in total. The molecule has 0 amide bonds. The second-order valence-corrected chi connectivity index (χ2v) is 12.3. The van der Waals surface area contributed by atoms with Gasteiger partial charge in [-0.2, -0.15) is 5.26 Å². The van der Waals surface area contributed by atoms with Gasteiger partial charge in [0, 0.05) is 18.9 Å². The number of nitrogens with one attached hydrogen (secondary N) is 2. The number of nitriles is 1. The number of fused-ring (bicyclic) bond motifs is 1. The Morgan fingerprint density at radius 2 is 1.80 bits per heavy atom. The Morgan fingerprint density at radius 1 is 1.10 bits per heavy atom. The summed E-state index contributed by atoms with van der Waals surface area (Å²) in [5.74, 6) is -3.49. The summed E-state index contributed by atoms with van der Waals surface area (Å²) in [5.41, 5.74) is 7.27. The quantitative estimate of drug-likeness (QED) is 0.243. The molecule has 0 radical (unpaired) electrons. The molecule has 1 aliphatic rings. The lowest BCUT2D eigenvalue weighted by Crippen LogP contribution is -2.69. The molecule has 0 bridgehead atoms. The number of benzene rings is 3. The van der Waals surface area contributed by atoms with Crippen LogP contribution in [0.4, 0.5) is 0 Å². The number of aliphatic carboxylic acids is 1. The van der Waals surface area contributed by atoms with E-state index in [1.165, 1.54) is 12.1 Å². The first kappa shape index (κ1) is 29.4. The average Bonchev–Trinajstić information content (AvgIpc) is 2.97. The number of Topliss-reactive ketones (excluding diaryl/α,β-unsaturated/α-hetero) is 1. The van der Waals surface area contributed by atoms with Crippen LogP contribution in [0.1, 0.15) is 24.8 Å². The zero-order chi connectivity index (χ0) is 28.8. The highest BCUT2D eigenvalue weighted by atomic mass is 32.2. The maximum absolute atomic E-state index is 14.8. The van der Waals surface area contributed by atoms with Gasteiger partial charge in [-0.25, -0.2) is 8.42 Å². The predicted octanol–water partition coefficient (Wildman–Crippen LogP) is 2.65. The Morgan fingerprint density at radius 3 is 2.50 bits per heavy atom. The molecule has 0 spiro atoms. The van der Waals surface area contributed by atoms with Crippen LogP contribution in [-0.2, 0) is 25.8 Å². The summed E-state index contributed by atoms with van der Waals surface area (Å²) < 4.78 is 29.6. The van der Waals surface area contributed by atoms with Gasteiger partial charge in [-0.15, -0.1) is 0 Å². The summed E-state index contributed by atoms with van der Waals surface area (Å²) in [6.07, 6.45) is 0.222. The van der Waals surface area contributed by atoms with Crippen LogP contribution in [0.2, 0.25) is 0 Å². The molecular weight excluding hydrogens is 528 g/mol. The smallest absolute Gasteiger partial charge is 0.303 e. The average molecular weight is 563 g/mol. The molecule has 3 aromatic carbocycles. The first-order valence-corrected chi connectivity index (χ1v) is 14.8. The van der Waals surface area contributed by atoms with E-state index in [1.54, 1.807) is 18.2 Å². The molecule has 0 aromatic heterocycles. The minimum Gasteiger partial charge on any atom is -0.481 e. The molecule has 5 N–H and O–H groups in total. The third-order valence-corrected chi connectivity index (χ3v) is 9.95. The zero-order valence-electron chi connectivity index (χ0n) is 22.1. The molecule has 3 unspecified atom stereocenters. The van der Waals surface area contributed by atoms with E-state index in [4.69, 9.17) is 5.73 Å². The highest BCUT2D eigenvalue weighted by Crippen LogP contribution is 2.40. The Labute approximate surface area is 234 Å². The van der Waals surface area contributed by atoms with Crippen molar-refractivity contribution in [3.05, 3.63) is 78.4 Å². The predicted molar refractivity (Wildman–Crippen MR) is 152 cm³/mol. The Bertz CT molecular complexity index is 1510. The number of ketones is 1. The third-order valence-electron chi connectivity index (χ3n) is 7.58. The number of nitrogens with zero attached hydrogens (tertiary/aromatic N) is 1. The van der Waals surface area contributed by atoms with Gasteiger partial charge in [0.25, 0.3) is 0 Å². The number of nitrogens with two attached hydrogens (primary N) is 1. The van der Waals surface area contributed by atoms with Gasteiger partial charge in [-0.3, -0.25) is 14.9 Å². The normalized spacial score (nSPS) is 19.8. The monoisotopic (exact) mass is 562 g/mol. The van der Waals surface area contributed by atoms with Gasteiger partial charge in [0.1, 0.15) is 0 Å². The van der Waals surface area contributed by atoms with Crippen LogP contribution in [0.5, 0.6) is 0 Å². The number of carbonyl (C=O) groups excluding carboxylic acids is 1. The lowest BCUT2D eigenvalue weighted by molar-refractivity contribution is -0.137. The number of carbonyl (C=O) groups is 2. The van der Waals surface area contributed by atoms with Crippen molar-refractivity contribution in [2.75, 3.05) is 19.6 Å². The van der Waals surface area contributed by atoms with E-state index < -0.39 is 44.3 Å². The molecular formula is C30H34N4O5S. The van der Waals surface area contributed by atoms with Gasteiger partial charge in [0.2, 0.25) is 9.84 Å². The van der Waals surface area contributed by atoms with Crippen molar-refractivity contribution in [1.82, 2.24) is 10.6 Å². The fourth-order valence-electron chi connectivity index (χ4n) is 5.58. The summed E-state index contributed by atoms with van der Waals surface area (Å²) in [7, 11) is -4.50. The van der Waals surface area contributed by atoms with Crippen LogP contribution < -0.4 is 16.4 Å². The van der Waals surface area contributed by atoms with Crippen molar-refractivity contribution < 1.29 is 23.1 Å². The van der Waals surface area contributed by atoms with Crippen LogP contribution in [0, 0.1) is 23.2 Å². The van der Waals surface area contributed by atoms with E-state index in [9.17, 15) is 28.4 Å². The molecule has 3 aromatic rings. The summed E-state index contributed by atoms with van der Waals surface area (Å²) in [6.45, 7) is 0.564. The van der Waals surface area contributed by atoms with Crippen molar-refractivity contribution in [2.24, 2.45) is 17.6 Å². The topological polar surface area (TPSA) is 162 Å². The van der Waals surface area contributed by atoms with Crippen molar-refractivity contribution >= 4 is 32.4 Å². The van der Waals surface area contributed by atoms with Crippen molar-refractivity contribution in [3.63, 3.8) is 0 Å². The SMILES string of the molecule is N#CC1CNCCC1C(NCCCC(=O)O)(C(=O)[C@@H](N)Cc1ccccc1)S(=O)(=O)c1ccc2ccccc2c1. The Hall–Kier alpha value is -3.62. The van der Waals surface area contributed by atoms with Gasteiger partial charge >= 0.3 is 5.97 Å². The molecule has 0 aliphatic carbocycles.